The van der Waals surface area contributed by atoms with Gasteiger partial charge < -0.3 is 10.2 Å². The smallest absolute Gasteiger partial charge is 0.339 e. The largest absolute Gasteiger partial charge is 0.507 e. The Bertz CT molecular complexity index is 947. The molecule has 0 aliphatic carbocycles. The van der Waals surface area contributed by atoms with Crippen molar-refractivity contribution in [2.24, 2.45) is 0 Å². The van der Waals surface area contributed by atoms with Crippen molar-refractivity contribution < 1.29 is 15.0 Å². The number of carboxylic acids is 1. The fourth-order valence-electron chi connectivity index (χ4n) is 3.16. The van der Waals surface area contributed by atoms with E-state index in [9.17, 15) is 15.0 Å². The van der Waals surface area contributed by atoms with Crippen molar-refractivity contribution in [1.29, 1.82) is 0 Å². The summed E-state index contributed by atoms with van der Waals surface area (Å²) < 4.78 is 0. The highest BCUT2D eigenvalue weighted by Gasteiger charge is 2.21. The summed E-state index contributed by atoms with van der Waals surface area (Å²) in [4.78, 5) is 16.2. The van der Waals surface area contributed by atoms with E-state index in [1.54, 1.807) is 13.1 Å². The Balaban J connectivity index is 2.22. The standard InChI is InChI=1S/C21H21NO3/c1-3-4-7-15-11-17(13(2)19(20(15)23)21(24)25)16-10-14-8-5-6-9-18(14)22-12-16/h5-6,8-12,23H,3-4,7H2,1-2H3,(H,24,25). The normalized spacial score (nSPS) is 11.0. The minimum absolute atomic E-state index is 0.0169. The molecule has 25 heavy (non-hydrogen) atoms. The Morgan fingerprint density at radius 2 is 1.96 bits per heavy atom. The van der Waals surface area contributed by atoms with Crippen LogP contribution in [0.5, 0.6) is 5.75 Å². The SMILES string of the molecule is CCCCc1cc(-c2cnc3ccccc3c2)c(C)c(C(=O)O)c1O. The molecule has 0 atom stereocenters. The fourth-order valence-corrected chi connectivity index (χ4v) is 3.16. The lowest BCUT2D eigenvalue weighted by Gasteiger charge is -2.15. The molecule has 2 N–H and O–H groups in total. The minimum Gasteiger partial charge on any atom is -0.507 e. The number of aromatic nitrogens is 1. The molecule has 4 heteroatoms. The number of rotatable bonds is 5. The molecule has 0 radical (unpaired) electrons. The van der Waals surface area contributed by atoms with Crippen LogP contribution in [0.2, 0.25) is 0 Å². The summed E-state index contributed by atoms with van der Waals surface area (Å²) in [6.45, 7) is 3.80. The van der Waals surface area contributed by atoms with Crippen molar-refractivity contribution in [2.75, 3.05) is 0 Å². The Kier molecular flexibility index (Phi) is 4.70. The number of carbonyl (C=O) groups is 1. The summed E-state index contributed by atoms with van der Waals surface area (Å²) in [6.07, 6.45) is 4.28. The Morgan fingerprint density at radius 3 is 2.68 bits per heavy atom. The number of hydrogen-bond donors (Lipinski definition) is 2. The summed E-state index contributed by atoms with van der Waals surface area (Å²) in [5.41, 5.74) is 3.77. The molecule has 3 rings (SSSR count). The number of carboxylic acid groups (broad SMARTS) is 1. The first-order valence-corrected chi connectivity index (χ1v) is 8.46. The molecule has 128 valence electrons. The van der Waals surface area contributed by atoms with E-state index in [1.165, 1.54) is 0 Å². The molecular weight excluding hydrogens is 314 g/mol. The molecule has 0 saturated heterocycles. The van der Waals surface area contributed by atoms with Gasteiger partial charge in [-0.2, -0.15) is 0 Å². The van der Waals surface area contributed by atoms with Crippen LogP contribution in [0, 0.1) is 6.92 Å². The molecule has 0 aliphatic rings. The van der Waals surface area contributed by atoms with Gasteiger partial charge in [0.25, 0.3) is 0 Å². The number of nitrogens with zero attached hydrogens (tertiary/aromatic N) is 1. The molecule has 0 amide bonds. The van der Waals surface area contributed by atoms with Gasteiger partial charge in [0.15, 0.2) is 0 Å². The number of para-hydroxylation sites is 1. The van der Waals surface area contributed by atoms with Crippen LogP contribution < -0.4 is 0 Å². The molecular formula is C21H21NO3. The molecule has 0 spiro atoms. The molecule has 0 aliphatic heterocycles. The number of unbranched alkanes of at least 4 members (excludes halogenated alkanes) is 1. The van der Waals surface area contributed by atoms with Gasteiger partial charge in [-0.25, -0.2) is 4.79 Å². The lowest BCUT2D eigenvalue weighted by molar-refractivity contribution is 0.0692. The molecule has 0 unspecified atom stereocenters. The van der Waals surface area contributed by atoms with Crippen molar-refractivity contribution in [1.82, 2.24) is 4.98 Å². The topological polar surface area (TPSA) is 70.4 Å². The van der Waals surface area contributed by atoms with Gasteiger partial charge in [-0.1, -0.05) is 31.5 Å². The Morgan fingerprint density at radius 1 is 1.20 bits per heavy atom. The second-order valence-electron chi connectivity index (χ2n) is 6.26. The molecule has 3 aromatic rings. The summed E-state index contributed by atoms with van der Waals surface area (Å²) in [7, 11) is 0. The fraction of sp³-hybridized carbons (Fsp3) is 0.238. The highest BCUT2D eigenvalue weighted by molar-refractivity contribution is 5.96. The summed E-state index contributed by atoms with van der Waals surface area (Å²) in [6, 6.07) is 11.7. The lowest BCUT2D eigenvalue weighted by atomic mass is 9.91. The zero-order chi connectivity index (χ0) is 18.0. The number of aromatic carboxylic acids is 1. The summed E-state index contributed by atoms with van der Waals surface area (Å²) >= 11 is 0. The first-order valence-electron chi connectivity index (χ1n) is 8.46. The van der Waals surface area contributed by atoms with Gasteiger partial charge in [0.05, 0.1) is 5.52 Å². The minimum atomic E-state index is -1.11. The highest BCUT2D eigenvalue weighted by atomic mass is 16.4. The van der Waals surface area contributed by atoms with E-state index in [1.807, 2.05) is 36.4 Å². The van der Waals surface area contributed by atoms with Gasteiger partial charge in [0, 0.05) is 17.1 Å². The van der Waals surface area contributed by atoms with E-state index in [0.717, 1.165) is 34.9 Å². The maximum Gasteiger partial charge on any atom is 0.339 e. The van der Waals surface area contributed by atoms with Crippen LogP contribution in [0.25, 0.3) is 22.0 Å². The van der Waals surface area contributed by atoms with Gasteiger partial charge in [-0.15, -0.1) is 0 Å². The van der Waals surface area contributed by atoms with Gasteiger partial charge >= 0.3 is 5.97 Å². The van der Waals surface area contributed by atoms with Crippen LogP contribution in [0.3, 0.4) is 0 Å². The maximum atomic E-state index is 11.7. The third-order valence-corrected chi connectivity index (χ3v) is 4.55. The van der Waals surface area contributed by atoms with Crippen molar-refractivity contribution in [3.05, 3.63) is 59.3 Å². The third-order valence-electron chi connectivity index (χ3n) is 4.55. The van der Waals surface area contributed by atoms with Crippen LogP contribution in [0.15, 0.2) is 42.6 Å². The number of benzene rings is 2. The predicted molar refractivity (Wildman–Crippen MR) is 99.2 cm³/mol. The van der Waals surface area contributed by atoms with Gasteiger partial charge in [-0.05, 0) is 54.7 Å². The van der Waals surface area contributed by atoms with Crippen LogP contribution in [0.1, 0.15) is 41.3 Å². The van der Waals surface area contributed by atoms with E-state index < -0.39 is 5.97 Å². The van der Waals surface area contributed by atoms with E-state index in [2.05, 4.69) is 11.9 Å². The number of pyridine rings is 1. The quantitative estimate of drug-likeness (QED) is 0.691. The number of fused-ring (bicyclic) bond motifs is 1. The highest BCUT2D eigenvalue weighted by Crippen LogP contribution is 2.36. The molecule has 1 heterocycles. The number of aromatic hydroxyl groups is 1. The molecule has 1 aromatic heterocycles. The lowest BCUT2D eigenvalue weighted by Crippen LogP contribution is -2.05. The van der Waals surface area contributed by atoms with Crippen molar-refractivity contribution in [3.63, 3.8) is 0 Å². The summed E-state index contributed by atoms with van der Waals surface area (Å²) in [5, 5.41) is 21.0. The zero-order valence-electron chi connectivity index (χ0n) is 14.4. The molecule has 0 bridgehead atoms. The number of hydrogen-bond acceptors (Lipinski definition) is 3. The molecule has 0 fully saturated rings. The van der Waals surface area contributed by atoms with E-state index in [4.69, 9.17) is 0 Å². The number of aryl methyl sites for hydroxylation is 1. The van der Waals surface area contributed by atoms with E-state index in [-0.39, 0.29) is 11.3 Å². The molecule has 0 saturated carbocycles. The summed E-state index contributed by atoms with van der Waals surface area (Å²) in [5.74, 6) is -1.22. The van der Waals surface area contributed by atoms with Gasteiger partial charge in [0.2, 0.25) is 0 Å². The first-order chi connectivity index (χ1) is 12.0. The van der Waals surface area contributed by atoms with Crippen LogP contribution >= 0.6 is 0 Å². The average molecular weight is 335 g/mol. The van der Waals surface area contributed by atoms with Crippen molar-refractivity contribution in [2.45, 2.75) is 33.1 Å². The monoisotopic (exact) mass is 335 g/mol. The van der Waals surface area contributed by atoms with Crippen LogP contribution in [-0.2, 0) is 6.42 Å². The van der Waals surface area contributed by atoms with Crippen molar-refractivity contribution >= 4 is 16.9 Å². The van der Waals surface area contributed by atoms with Gasteiger partial charge in [0.1, 0.15) is 11.3 Å². The van der Waals surface area contributed by atoms with Crippen LogP contribution in [-0.4, -0.2) is 21.2 Å². The second kappa shape index (κ2) is 6.93. The zero-order valence-corrected chi connectivity index (χ0v) is 14.4. The van der Waals surface area contributed by atoms with Crippen molar-refractivity contribution in [3.8, 4) is 16.9 Å². The Hall–Kier alpha value is -2.88. The predicted octanol–water partition coefficient (Wildman–Crippen LogP) is 4.96. The Labute approximate surface area is 146 Å². The second-order valence-corrected chi connectivity index (χ2v) is 6.26. The maximum absolute atomic E-state index is 11.7. The first kappa shape index (κ1) is 17.0. The van der Waals surface area contributed by atoms with Gasteiger partial charge in [-0.3, -0.25) is 4.98 Å². The number of phenols is 1. The van der Waals surface area contributed by atoms with E-state index >= 15 is 0 Å². The van der Waals surface area contributed by atoms with Crippen LogP contribution in [0.4, 0.5) is 0 Å². The molecule has 4 nitrogen and oxygen atoms in total. The molecule has 2 aromatic carbocycles. The average Bonchev–Trinajstić information content (AvgIpc) is 2.60. The van der Waals surface area contributed by atoms with E-state index in [0.29, 0.717) is 17.5 Å². The third kappa shape index (κ3) is 3.20.